The fourth-order valence-electron chi connectivity index (χ4n) is 4.28. The van der Waals surface area contributed by atoms with E-state index in [-0.39, 0.29) is 23.6 Å². The lowest BCUT2D eigenvalue weighted by Gasteiger charge is -2.27. The second-order valence-corrected chi connectivity index (χ2v) is 8.48. The van der Waals surface area contributed by atoms with Crippen LogP contribution in [0.4, 0.5) is 5.69 Å². The van der Waals surface area contributed by atoms with Crippen LogP contribution < -0.4 is 5.73 Å². The van der Waals surface area contributed by atoms with Crippen LogP contribution in [0, 0.1) is 0 Å². The maximum atomic E-state index is 12.4. The summed E-state index contributed by atoms with van der Waals surface area (Å²) in [5.74, 6) is -0.573. The van der Waals surface area contributed by atoms with E-state index in [1.165, 1.54) is 18.4 Å². The first kappa shape index (κ1) is 21.8. The monoisotopic (exact) mass is 432 g/mol. The molecule has 0 unspecified atom stereocenters. The van der Waals surface area contributed by atoms with Crippen LogP contribution in [0.15, 0.2) is 47.5 Å². The number of fused-ring (bicyclic) bond motifs is 1. The molecule has 2 aromatic carbocycles. The molecule has 0 amide bonds. The second kappa shape index (κ2) is 8.59. The number of benzene rings is 2. The summed E-state index contributed by atoms with van der Waals surface area (Å²) in [7, 11) is 2.09. The molecule has 1 aliphatic heterocycles. The predicted octanol–water partition coefficient (Wildman–Crippen LogP) is 3.72. The number of carbonyl (C=O) groups is 2. The van der Waals surface area contributed by atoms with E-state index in [4.69, 9.17) is 10.7 Å². The molecule has 32 heavy (non-hydrogen) atoms. The van der Waals surface area contributed by atoms with Crippen molar-refractivity contribution in [1.29, 1.82) is 0 Å². The van der Waals surface area contributed by atoms with E-state index in [2.05, 4.69) is 11.9 Å². The van der Waals surface area contributed by atoms with Crippen molar-refractivity contribution >= 4 is 34.0 Å². The largest absolute Gasteiger partial charge is 0.494 e. The Hall–Kier alpha value is -3.45. The topological polar surface area (TPSA) is 101 Å². The van der Waals surface area contributed by atoms with Crippen molar-refractivity contribution in [2.75, 3.05) is 25.9 Å². The molecule has 0 spiro atoms. The van der Waals surface area contributed by atoms with Gasteiger partial charge in [0.2, 0.25) is 11.8 Å². The molecule has 4 rings (SSSR count). The van der Waals surface area contributed by atoms with Crippen LogP contribution >= 0.6 is 0 Å². The van der Waals surface area contributed by atoms with Crippen molar-refractivity contribution in [3.63, 3.8) is 0 Å². The third-order valence-corrected chi connectivity index (χ3v) is 6.08. The van der Waals surface area contributed by atoms with Crippen molar-refractivity contribution in [1.82, 2.24) is 9.47 Å². The summed E-state index contributed by atoms with van der Waals surface area (Å²) in [6, 6.07) is 12.5. The Bertz CT molecular complexity index is 1220. The molecular weight excluding hydrogens is 404 g/mol. The predicted molar refractivity (Wildman–Crippen MR) is 127 cm³/mol. The quantitative estimate of drug-likeness (QED) is 0.372. The van der Waals surface area contributed by atoms with E-state index < -0.39 is 0 Å². The highest BCUT2D eigenvalue weighted by Gasteiger charge is 2.26. The minimum atomic E-state index is -0.315. The number of aromatic nitrogens is 1. The van der Waals surface area contributed by atoms with E-state index >= 15 is 0 Å². The number of ketones is 1. The number of nitrogen functional groups attached to an aromatic ring is 1. The van der Waals surface area contributed by atoms with Gasteiger partial charge in [0.05, 0.1) is 22.8 Å². The number of Topliss-reactive ketones (excluding diaryl/α,β-unsaturated/α-hetero) is 1. The molecule has 1 aliphatic rings. The molecular formula is C25H28N4O3. The van der Waals surface area contributed by atoms with Gasteiger partial charge in [-0.3, -0.25) is 19.1 Å². The first-order valence-electron chi connectivity index (χ1n) is 10.8. The maximum Gasteiger partial charge on any atom is 0.230 e. The highest BCUT2D eigenvalue weighted by Crippen LogP contribution is 2.35. The molecule has 3 aromatic rings. The lowest BCUT2D eigenvalue weighted by Crippen LogP contribution is -2.32. The van der Waals surface area contributed by atoms with E-state index in [1.807, 2.05) is 12.1 Å². The molecule has 0 aliphatic carbocycles. The van der Waals surface area contributed by atoms with Gasteiger partial charge in [-0.15, -0.1) is 0 Å². The summed E-state index contributed by atoms with van der Waals surface area (Å²) in [6.45, 7) is 4.78. The molecule has 166 valence electrons. The molecule has 3 N–H and O–H groups in total. The third kappa shape index (κ3) is 4.03. The van der Waals surface area contributed by atoms with Crippen molar-refractivity contribution < 1.29 is 14.7 Å². The van der Waals surface area contributed by atoms with Gasteiger partial charge in [-0.2, -0.15) is 0 Å². The zero-order valence-corrected chi connectivity index (χ0v) is 18.6. The molecule has 7 heteroatoms. The van der Waals surface area contributed by atoms with Crippen LogP contribution in [-0.4, -0.2) is 58.2 Å². The van der Waals surface area contributed by atoms with Crippen molar-refractivity contribution in [2.24, 2.45) is 4.99 Å². The first-order chi connectivity index (χ1) is 15.3. The van der Waals surface area contributed by atoms with Crippen LogP contribution in [0.5, 0.6) is 5.88 Å². The summed E-state index contributed by atoms with van der Waals surface area (Å²) < 4.78 is 1.27. The Labute approximate surface area is 187 Å². The normalized spacial score (nSPS) is 15.9. The molecule has 0 bridgehead atoms. The van der Waals surface area contributed by atoms with Gasteiger partial charge in [0.15, 0.2) is 5.78 Å². The number of rotatable bonds is 4. The number of hydrogen-bond donors (Lipinski definition) is 2. The van der Waals surface area contributed by atoms with Gasteiger partial charge in [-0.05, 0) is 70.2 Å². The molecule has 1 aromatic heterocycles. The van der Waals surface area contributed by atoms with Gasteiger partial charge in [-0.25, -0.2) is 0 Å². The number of aliphatic imine (C=N–C) groups is 1. The number of likely N-dealkylation sites (tertiary alicyclic amines) is 1. The standard InChI is InChI=1S/C25H28N4O3/c1-15(30)18-6-9-22-21(14-18)23(25(32)29(22)16(2)31)24(17-4-7-19(26)8-5-17)27-20-10-12-28(3)13-11-20/h4-9,14,20,32H,10-13,26H2,1-3H3. The van der Waals surface area contributed by atoms with Crippen molar-refractivity contribution in [3.05, 3.63) is 59.2 Å². The van der Waals surface area contributed by atoms with Crippen LogP contribution in [0.25, 0.3) is 10.9 Å². The van der Waals surface area contributed by atoms with Crippen LogP contribution in [0.2, 0.25) is 0 Å². The Balaban J connectivity index is 1.99. The third-order valence-electron chi connectivity index (χ3n) is 6.08. The summed E-state index contributed by atoms with van der Waals surface area (Å²) in [5, 5.41) is 11.8. The maximum absolute atomic E-state index is 12.4. The Morgan fingerprint density at radius 3 is 2.25 bits per heavy atom. The second-order valence-electron chi connectivity index (χ2n) is 8.48. The lowest BCUT2D eigenvalue weighted by atomic mass is 9.97. The van der Waals surface area contributed by atoms with Gasteiger partial charge >= 0.3 is 0 Å². The van der Waals surface area contributed by atoms with E-state index in [1.54, 1.807) is 30.3 Å². The minimum Gasteiger partial charge on any atom is -0.494 e. The molecule has 1 saturated heterocycles. The molecule has 0 radical (unpaired) electrons. The van der Waals surface area contributed by atoms with Crippen LogP contribution in [0.3, 0.4) is 0 Å². The number of piperidine rings is 1. The average molecular weight is 433 g/mol. The fraction of sp³-hybridized carbons (Fsp3) is 0.320. The highest BCUT2D eigenvalue weighted by molar-refractivity contribution is 6.23. The zero-order valence-electron chi connectivity index (χ0n) is 18.6. The van der Waals surface area contributed by atoms with E-state index in [9.17, 15) is 14.7 Å². The van der Waals surface area contributed by atoms with Gasteiger partial charge in [0.25, 0.3) is 0 Å². The number of anilines is 1. The summed E-state index contributed by atoms with van der Waals surface area (Å²) in [5.41, 5.74) is 9.44. The van der Waals surface area contributed by atoms with Crippen LogP contribution in [-0.2, 0) is 0 Å². The average Bonchev–Trinajstić information content (AvgIpc) is 3.05. The zero-order chi connectivity index (χ0) is 23.0. The Morgan fingerprint density at radius 1 is 1.03 bits per heavy atom. The van der Waals surface area contributed by atoms with E-state index in [0.29, 0.717) is 33.4 Å². The van der Waals surface area contributed by atoms with Gasteiger partial charge in [-0.1, -0.05) is 12.1 Å². The van der Waals surface area contributed by atoms with Crippen LogP contribution in [0.1, 0.15) is 53.0 Å². The fourth-order valence-corrected chi connectivity index (χ4v) is 4.28. The molecule has 7 nitrogen and oxygen atoms in total. The molecule has 1 fully saturated rings. The molecule has 0 atom stereocenters. The highest BCUT2D eigenvalue weighted by atomic mass is 16.3. The Morgan fingerprint density at radius 2 is 1.66 bits per heavy atom. The lowest BCUT2D eigenvalue weighted by molar-refractivity contribution is 0.0932. The summed E-state index contributed by atoms with van der Waals surface area (Å²) >= 11 is 0. The van der Waals surface area contributed by atoms with Gasteiger partial charge in [0.1, 0.15) is 0 Å². The number of nitrogens with zero attached hydrogens (tertiary/aromatic N) is 3. The number of nitrogens with two attached hydrogens (primary N) is 1. The number of aromatic hydroxyl groups is 1. The SMILES string of the molecule is CC(=O)c1ccc2c(c1)c(C(=NC1CCN(C)CC1)c1ccc(N)cc1)c(O)n2C(C)=O. The number of carbonyl (C=O) groups excluding carboxylic acids is 2. The van der Waals surface area contributed by atoms with Crippen molar-refractivity contribution in [3.8, 4) is 5.88 Å². The first-order valence-corrected chi connectivity index (χ1v) is 10.8. The van der Waals surface area contributed by atoms with E-state index in [0.717, 1.165) is 31.5 Å². The molecule has 2 heterocycles. The van der Waals surface area contributed by atoms with Gasteiger partial charge < -0.3 is 15.7 Å². The Kier molecular flexibility index (Phi) is 5.84. The molecule has 0 saturated carbocycles. The smallest absolute Gasteiger partial charge is 0.230 e. The van der Waals surface area contributed by atoms with Gasteiger partial charge in [0, 0.05) is 29.1 Å². The minimum absolute atomic E-state index is 0.0878. The summed E-state index contributed by atoms with van der Waals surface area (Å²) in [4.78, 5) is 31.8. The number of hydrogen-bond acceptors (Lipinski definition) is 6. The van der Waals surface area contributed by atoms with Crippen molar-refractivity contribution in [2.45, 2.75) is 32.7 Å². The summed E-state index contributed by atoms with van der Waals surface area (Å²) in [6.07, 6.45) is 1.81.